The van der Waals surface area contributed by atoms with Gasteiger partial charge in [-0.1, -0.05) is 41.9 Å². The number of carbonyl (C=O) groups is 1. The van der Waals surface area contributed by atoms with Crippen LogP contribution in [0.15, 0.2) is 72.8 Å². The predicted octanol–water partition coefficient (Wildman–Crippen LogP) is 4.88. The number of benzene rings is 3. The molecule has 126 valence electrons. The zero-order valence-corrected chi connectivity index (χ0v) is 14.0. The molecule has 0 saturated carbocycles. The molecule has 1 amide bonds. The Morgan fingerprint density at radius 2 is 1.72 bits per heavy atom. The van der Waals surface area contributed by atoms with Crippen LogP contribution in [0, 0.1) is 0 Å². The number of aromatic hydroxyl groups is 1. The molecule has 0 unspecified atom stereocenters. The number of halogens is 1. The maximum absolute atomic E-state index is 12.3. The van der Waals surface area contributed by atoms with Gasteiger partial charge in [0, 0.05) is 16.7 Å². The van der Waals surface area contributed by atoms with Crippen LogP contribution in [0.4, 0.5) is 5.69 Å². The molecule has 0 saturated heterocycles. The summed E-state index contributed by atoms with van der Waals surface area (Å²) in [6, 6.07) is 21.0. The Morgan fingerprint density at radius 1 is 1.00 bits per heavy atom. The molecule has 25 heavy (non-hydrogen) atoms. The second kappa shape index (κ2) is 7.73. The van der Waals surface area contributed by atoms with Crippen molar-refractivity contribution in [3.63, 3.8) is 0 Å². The molecule has 0 aliphatic heterocycles. The van der Waals surface area contributed by atoms with E-state index >= 15 is 0 Å². The third-order valence-electron chi connectivity index (χ3n) is 3.57. The van der Waals surface area contributed by atoms with E-state index in [4.69, 9.17) is 16.3 Å². The van der Waals surface area contributed by atoms with Crippen LogP contribution in [0.3, 0.4) is 0 Å². The lowest BCUT2D eigenvalue weighted by Crippen LogP contribution is -2.12. The Morgan fingerprint density at radius 3 is 2.44 bits per heavy atom. The number of rotatable bonds is 5. The predicted molar refractivity (Wildman–Crippen MR) is 98.3 cm³/mol. The van der Waals surface area contributed by atoms with Crippen LogP contribution in [-0.2, 0) is 6.61 Å². The number of carbonyl (C=O) groups excluding carboxylic acids is 1. The highest BCUT2D eigenvalue weighted by atomic mass is 35.5. The molecule has 0 bridgehead atoms. The Balaban J connectivity index is 1.70. The number of ether oxygens (including phenoxy) is 1. The fraction of sp³-hybridized carbons (Fsp3) is 0.0500. The van der Waals surface area contributed by atoms with Gasteiger partial charge in [0.2, 0.25) is 0 Å². The van der Waals surface area contributed by atoms with Gasteiger partial charge in [0.25, 0.3) is 5.91 Å². The highest BCUT2D eigenvalue weighted by molar-refractivity contribution is 6.30. The van der Waals surface area contributed by atoms with E-state index in [-0.39, 0.29) is 17.3 Å². The number of phenolic OH excluding ortho intramolecular Hbond substituents is 1. The average molecular weight is 354 g/mol. The van der Waals surface area contributed by atoms with Gasteiger partial charge in [0.15, 0.2) is 0 Å². The average Bonchev–Trinajstić information content (AvgIpc) is 2.63. The third-order valence-corrected chi connectivity index (χ3v) is 3.82. The maximum Gasteiger partial charge on any atom is 0.255 e. The minimum absolute atomic E-state index is 0.0330. The van der Waals surface area contributed by atoms with Gasteiger partial charge in [0.05, 0.1) is 5.69 Å². The van der Waals surface area contributed by atoms with Crippen molar-refractivity contribution >= 4 is 23.2 Å². The first-order valence-electron chi connectivity index (χ1n) is 7.68. The molecule has 0 spiro atoms. The van der Waals surface area contributed by atoms with E-state index in [1.807, 2.05) is 30.3 Å². The molecule has 5 heteroatoms. The van der Waals surface area contributed by atoms with E-state index in [0.717, 1.165) is 5.56 Å². The summed E-state index contributed by atoms with van der Waals surface area (Å²) in [7, 11) is 0. The second-order valence-electron chi connectivity index (χ2n) is 5.41. The van der Waals surface area contributed by atoms with E-state index < -0.39 is 0 Å². The number of anilines is 1. The molecule has 3 aromatic rings. The zero-order valence-electron chi connectivity index (χ0n) is 13.3. The molecule has 0 atom stereocenters. The van der Waals surface area contributed by atoms with Gasteiger partial charge >= 0.3 is 0 Å². The molecule has 0 radical (unpaired) electrons. The van der Waals surface area contributed by atoms with Gasteiger partial charge in [-0.05, 0) is 42.0 Å². The summed E-state index contributed by atoms with van der Waals surface area (Å²) in [6.45, 7) is 0.399. The van der Waals surface area contributed by atoms with Gasteiger partial charge in [-0.25, -0.2) is 0 Å². The van der Waals surface area contributed by atoms with Crippen LogP contribution >= 0.6 is 11.6 Å². The van der Waals surface area contributed by atoms with E-state index in [9.17, 15) is 9.90 Å². The quantitative estimate of drug-likeness (QED) is 0.643. The highest BCUT2D eigenvalue weighted by Crippen LogP contribution is 2.29. The van der Waals surface area contributed by atoms with Gasteiger partial charge < -0.3 is 15.2 Å². The van der Waals surface area contributed by atoms with E-state index in [1.54, 1.807) is 36.4 Å². The number of phenols is 1. The van der Waals surface area contributed by atoms with E-state index in [0.29, 0.717) is 22.9 Å². The second-order valence-corrected chi connectivity index (χ2v) is 5.85. The standard InChI is InChI=1S/C20H16ClNO3/c21-16-8-6-15(7-9-16)20(24)22-18-12-17(10-11-19(18)23)25-13-14-4-2-1-3-5-14/h1-12,23H,13H2,(H,22,24). The molecule has 2 N–H and O–H groups in total. The molecule has 4 nitrogen and oxygen atoms in total. The first-order chi connectivity index (χ1) is 12.1. The van der Waals surface area contributed by atoms with Crippen molar-refractivity contribution in [1.82, 2.24) is 0 Å². The maximum atomic E-state index is 12.3. The summed E-state index contributed by atoms with van der Waals surface area (Å²) < 4.78 is 5.71. The smallest absolute Gasteiger partial charge is 0.255 e. The van der Waals surface area contributed by atoms with Gasteiger partial charge in [-0.3, -0.25) is 4.79 Å². The summed E-state index contributed by atoms with van der Waals surface area (Å²) in [4.78, 5) is 12.3. The van der Waals surface area contributed by atoms with Crippen molar-refractivity contribution in [2.75, 3.05) is 5.32 Å². The number of amides is 1. The van der Waals surface area contributed by atoms with Crippen molar-refractivity contribution < 1.29 is 14.6 Å². The number of nitrogens with one attached hydrogen (secondary N) is 1. The van der Waals surface area contributed by atoms with Crippen LogP contribution in [0.5, 0.6) is 11.5 Å². The zero-order chi connectivity index (χ0) is 17.6. The summed E-state index contributed by atoms with van der Waals surface area (Å²) in [5, 5.41) is 13.2. The molecule has 3 aromatic carbocycles. The first-order valence-corrected chi connectivity index (χ1v) is 8.06. The SMILES string of the molecule is O=C(Nc1cc(OCc2ccccc2)ccc1O)c1ccc(Cl)cc1. The van der Waals surface area contributed by atoms with Crippen molar-refractivity contribution in [2.24, 2.45) is 0 Å². The fourth-order valence-corrected chi connectivity index (χ4v) is 2.37. The van der Waals surface area contributed by atoms with Crippen molar-refractivity contribution in [2.45, 2.75) is 6.61 Å². The summed E-state index contributed by atoms with van der Waals surface area (Å²) >= 11 is 5.82. The Labute approximate surface area is 150 Å². The van der Waals surface area contributed by atoms with Crippen LogP contribution in [-0.4, -0.2) is 11.0 Å². The minimum Gasteiger partial charge on any atom is -0.506 e. The Bertz CT molecular complexity index is 864. The van der Waals surface area contributed by atoms with E-state index in [1.165, 1.54) is 6.07 Å². The van der Waals surface area contributed by atoms with Crippen LogP contribution in [0.25, 0.3) is 0 Å². The van der Waals surface area contributed by atoms with Crippen molar-refractivity contribution in [1.29, 1.82) is 0 Å². The molecule has 0 aliphatic rings. The molecule has 0 aromatic heterocycles. The van der Waals surface area contributed by atoms with E-state index in [2.05, 4.69) is 5.32 Å². The lowest BCUT2D eigenvalue weighted by atomic mass is 10.2. The first kappa shape index (κ1) is 16.9. The topological polar surface area (TPSA) is 58.6 Å². The van der Waals surface area contributed by atoms with Gasteiger partial charge in [0.1, 0.15) is 18.1 Å². The van der Waals surface area contributed by atoms with Gasteiger partial charge in [-0.2, -0.15) is 0 Å². The Hall–Kier alpha value is -2.98. The fourth-order valence-electron chi connectivity index (χ4n) is 2.24. The van der Waals surface area contributed by atoms with Crippen LogP contribution in [0.1, 0.15) is 15.9 Å². The van der Waals surface area contributed by atoms with Crippen LogP contribution in [0.2, 0.25) is 5.02 Å². The largest absolute Gasteiger partial charge is 0.506 e. The third kappa shape index (κ3) is 4.52. The summed E-state index contributed by atoms with van der Waals surface area (Å²) in [5.74, 6) is 0.176. The minimum atomic E-state index is -0.341. The number of hydrogen-bond donors (Lipinski definition) is 2. The molecule has 0 fully saturated rings. The normalized spacial score (nSPS) is 10.3. The lowest BCUT2D eigenvalue weighted by molar-refractivity contribution is 0.102. The molecular formula is C20H16ClNO3. The lowest BCUT2D eigenvalue weighted by Gasteiger charge is -2.11. The van der Waals surface area contributed by atoms with Crippen LogP contribution < -0.4 is 10.1 Å². The van der Waals surface area contributed by atoms with Crippen molar-refractivity contribution in [3.05, 3.63) is 88.9 Å². The molecule has 0 aliphatic carbocycles. The van der Waals surface area contributed by atoms with Gasteiger partial charge in [-0.15, -0.1) is 0 Å². The highest BCUT2D eigenvalue weighted by Gasteiger charge is 2.10. The monoisotopic (exact) mass is 353 g/mol. The number of hydrogen-bond acceptors (Lipinski definition) is 3. The molecule has 3 rings (SSSR count). The summed E-state index contributed by atoms with van der Waals surface area (Å²) in [5.41, 5.74) is 1.76. The molecular weight excluding hydrogens is 338 g/mol. The molecule has 0 heterocycles. The Kier molecular flexibility index (Phi) is 5.21. The van der Waals surface area contributed by atoms with Crippen molar-refractivity contribution in [3.8, 4) is 11.5 Å². The summed E-state index contributed by atoms with van der Waals surface area (Å²) in [6.07, 6.45) is 0.